The standard InChI is InChI=1S/C15H28N2O2.ClH/c1-10(2)5-7-19-8-6-17-15(18)13-11-3-4-12(9-11)14(13)16;/h10-14H,3-9,16H2,1-2H3,(H,17,18);1H. The lowest BCUT2D eigenvalue weighted by atomic mass is 9.84. The summed E-state index contributed by atoms with van der Waals surface area (Å²) in [6.45, 7) is 6.36. The lowest BCUT2D eigenvalue weighted by molar-refractivity contribution is -0.127. The van der Waals surface area contributed by atoms with Gasteiger partial charge in [-0.3, -0.25) is 4.79 Å². The highest BCUT2D eigenvalue weighted by molar-refractivity contribution is 5.85. The summed E-state index contributed by atoms with van der Waals surface area (Å²) in [6, 6.07) is 0.0839. The number of halogens is 1. The Labute approximate surface area is 128 Å². The Kier molecular flexibility index (Phi) is 7.27. The van der Waals surface area contributed by atoms with Crippen molar-refractivity contribution in [3.63, 3.8) is 0 Å². The fourth-order valence-electron chi connectivity index (χ4n) is 3.51. The van der Waals surface area contributed by atoms with E-state index in [1.54, 1.807) is 0 Å². The second-order valence-corrected chi connectivity index (χ2v) is 6.52. The highest BCUT2D eigenvalue weighted by Crippen LogP contribution is 2.47. The van der Waals surface area contributed by atoms with E-state index in [-0.39, 0.29) is 30.3 Å². The van der Waals surface area contributed by atoms with Crippen molar-refractivity contribution >= 4 is 18.3 Å². The predicted octanol–water partition coefficient (Wildman–Crippen LogP) is 1.96. The second-order valence-electron chi connectivity index (χ2n) is 6.52. The molecule has 0 heterocycles. The molecule has 0 spiro atoms. The van der Waals surface area contributed by atoms with Gasteiger partial charge in [-0.25, -0.2) is 0 Å². The third-order valence-electron chi connectivity index (χ3n) is 4.67. The van der Waals surface area contributed by atoms with E-state index in [9.17, 15) is 4.79 Å². The second kappa shape index (κ2) is 8.20. The van der Waals surface area contributed by atoms with Gasteiger partial charge in [0.25, 0.3) is 0 Å². The van der Waals surface area contributed by atoms with E-state index in [1.807, 2.05) is 0 Å². The quantitative estimate of drug-likeness (QED) is 0.707. The molecule has 2 rings (SSSR count). The number of carbonyl (C=O) groups is 1. The number of hydrogen-bond donors (Lipinski definition) is 2. The zero-order valence-corrected chi connectivity index (χ0v) is 13.5. The van der Waals surface area contributed by atoms with Crippen molar-refractivity contribution in [3.8, 4) is 0 Å². The van der Waals surface area contributed by atoms with Gasteiger partial charge >= 0.3 is 0 Å². The summed E-state index contributed by atoms with van der Waals surface area (Å²) in [5.74, 6) is 1.98. The molecule has 2 aliphatic rings. The number of nitrogens with one attached hydrogen (secondary N) is 1. The van der Waals surface area contributed by atoms with Crippen LogP contribution in [0, 0.1) is 23.7 Å². The number of nitrogens with two attached hydrogens (primary N) is 1. The first kappa shape index (κ1) is 17.7. The molecule has 4 atom stereocenters. The maximum atomic E-state index is 12.1. The normalized spacial score (nSPS) is 31.4. The van der Waals surface area contributed by atoms with Crippen LogP contribution in [0.4, 0.5) is 0 Å². The number of amides is 1. The fraction of sp³-hybridized carbons (Fsp3) is 0.933. The van der Waals surface area contributed by atoms with Crippen molar-refractivity contribution in [1.29, 1.82) is 0 Å². The van der Waals surface area contributed by atoms with Crippen molar-refractivity contribution in [1.82, 2.24) is 5.32 Å². The fourth-order valence-corrected chi connectivity index (χ4v) is 3.51. The van der Waals surface area contributed by atoms with Crippen LogP contribution in [0.1, 0.15) is 39.5 Å². The molecular formula is C15H29ClN2O2. The zero-order chi connectivity index (χ0) is 13.8. The largest absolute Gasteiger partial charge is 0.380 e. The van der Waals surface area contributed by atoms with E-state index < -0.39 is 0 Å². The number of hydrogen-bond acceptors (Lipinski definition) is 3. The Bertz CT molecular complexity index is 310. The average Bonchev–Trinajstić information content (AvgIpc) is 2.93. The Hall–Kier alpha value is -0.320. The highest BCUT2D eigenvalue weighted by Gasteiger charge is 2.48. The van der Waals surface area contributed by atoms with Gasteiger partial charge in [0.2, 0.25) is 5.91 Å². The molecule has 5 heteroatoms. The maximum absolute atomic E-state index is 12.1. The van der Waals surface area contributed by atoms with Crippen LogP contribution in [0.5, 0.6) is 0 Å². The van der Waals surface area contributed by atoms with Gasteiger partial charge in [0.1, 0.15) is 0 Å². The van der Waals surface area contributed by atoms with Crippen molar-refractivity contribution < 1.29 is 9.53 Å². The van der Waals surface area contributed by atoms with Crippen molar-refractivity contribution in [2.45, 2.75) is 45.6 Å². The smallest absolute Gasteiger partial charge is 0.225 e. The lowest BCUT2D eigenvalue weighted by Crippen LogP contribution is -2.45. The SMILES string of the molecule is CC(C)CCOCCNC(=O)C1C2CCC(C2)C1N.Cl. The molecule has 0 aromatic heterocycles. The van der Waals surface area contributed by atoms with E-state index in [4.69, 9.17) is 10.5 Å². The maximum Gasteiger partial charge on any atom is 0.225 e. The molecule has 0 aliphatic heterocycles. The molecule has 2 saturated carbocycles. The van der Waals surface area contributed by atoms with E-state index in [0.29, 0.717) is 30.9 Å². The van der Waals surface area contributed by atoms with Crippen molar-refractivity contribution in [2.75, 3.05) is 19.8 Å². The molecule has 118 valence electrons. The van der Waals surface area contributed by atoms with E-state index in [2.05, 4.69) is 19.2 Å². The first-order valence-electron chi connectivity index (χ1n) is 7.70. The molecule has 20 heavy (non-hydrogen) atoms. The van der Waals surface area contributed by atoms with Crippen LogP contribution in [-0.2, 0) is 9.53 Å². The summed E-state index contributed by atoms with van der Waals surface area (Å²) >= 11 is 0. The van der Waals surface area contributed by atoms with E-state index in [1.165, 1.54) is 12.8 Å². The minimum atomic E-state index is 0. The molecule has 3 N–H and O–H groups in total. The van der Waals surface area contributed by atoms with Gasteiger partial charge in [-0.2, -0.15) is 0 Å². The minimum absolute atomic E-state index is 0. The van der Waals surface area contributed by atoms with E-state index in [0.717, 1.165) is 19.4 Å². The molecule has 0 radical (unpaired) electrons. The van der Waals surface area contributed by atoms with Crippen LogP contribution in [0.15, 0.2) is 0 Å². The molecule has 0 saturated heterocycles. The van der Waals surface area contributed by atoms with Crippen LogP contribution in [-0.4, -0.2) is 31.7 Å². The molecule has 2 fully saturated rings. The molecule has 0 aromatic rings. The first-order valence-corrected chi connectivity index (χ1v) is 7.70. The van der Waals surface area contributed by atoms with Crippen LogP contribution >= 0.6 is 12.4 Å². The van der Waals surface area contributed by atoms with Crippen LogP contribution < -0.4 is 11.1 Å². The third-order valence-corrected chi connectivity index (χ3v) is 4.67. The van der Waals surface area contributed by atoms with Crippen molar-refractivity contribution in [3.05, 3.63) is 0 Å². The minimum Gasteiger partial charge on any atom is -0.380 e. The summed E-state index contributed by atoms with van der Waals surface area (Å²) < 4.78 is 5.50. The zero-order valence-electron chi connectivity index (χ0n) is 12.6. The number of rotatable bonds is 7. The summed E-state index contributed by atoms with van der Waals surface area (Å²) in [5, 5.41) is 2.98. The Morgan fingerprint density at radius 3 is 2.60 bits per heavy atom. The molecule has 2 aliphatic carbocycles. The molecular weight excluding hydrogens is 276 g/mol. The van der Waals surface area contributed by atoms with Gasteiger partial charge in [-0.05, 0) is 43.4 Å². The monoisotopic (exact) mass is 304 g/mol. The van der Waals surface area contributed by atoms with Gasteiger partial charge < -0.3 is 15.8 Å². The Morgan fingerprint density at radius 1 is 1.30 bits per heavy atom. The highest BCUT2D eigenvalue weighted by atomic mass is 35.5. The number of fused-ring (bicyclic) bond motifs is 2. The molecule has 0 aromatic carbocycles. The lowest BCUT2D eigenvalue weighted by Gasteiger charge is -2.27. The number of carbonyl (C=O) groups excluding carboxylic acids is 1. The van der Waals surface area contributed by atoms with Gasteiger partial charge in [0, 0.05) is 19.2 Å². The van der Waals surface area contributed by atoms with Crippen LogP contribution in [0.3, 0.4) is 0 Å². The van der Waals surface area contributed by atoms with Gasteiger partial charge in [-0.15, -0.1) is 12.4 Å². The molecule has 1 amide bonds. The number of ether oxygens (including phenoxy) is 1. The third kappa shape index (κ3) is 4.34. The summed E-state index contributed by atoms with van der Waals surface area (Å²) in [6.07, 6.45) is 4.63. The molecule has 4 nitrogen and oxygen atoms in total. The first-order chi connectivity index (χ1) is 9.09. The summed E-state index contributed by atoms with van der Waals surface area (Å²) in [7, 11) is 0. The van der Waals surface area contributed by atoms with Gasteiger partial charge in [0.05, 0.1) is 12.5 Å². The molecule has 2 bridgehead atoms. The Morgan fingerprint density at radius 2 is 2.00 bits per heavy atom. The van der Waals surface area contributed by atoms with Crippen LogP contribution in [0.25, 0.3) is 0 Å². The average molecular weight is 305 g/mol. The molecule has 4 unspecified atom stereocenters. The Balaban J connectivity index is 0.00000200. The summed E-state index contributed by atoms with van der Waals surface area (Å²) in [4.78, 5) is 12.1. The predicted molar refractivity (Wildman–Crippen MR) is 82.8 cm³/mol. The van der Waals surface area contributed by atoms with Gasteiger partial charge in [-0.1, -0.05) is 13.8 Å². The van der Waals surface area contributed by atoms with Gasteiger partial charge in [0.15, 0.2) is 0 Å². The van der Waals surface area contributed by atoms with E-state index >= 15 is 0 Å². The topological polar surface area (TPSA) is 64.3 Å². The van der Waals surface area contributed by atoms with Crippen molar-refractivity contribution in [2.24, 2.45) is 29.4 Å². The van der Waals surface area contributed by atoms with Crippen LogP contribution in [0.2, 0.25) is 0 Å². The summed E-state index contributed by atoms with van der Waals surface area (Å²) in [5.41, 5.74) is 6.16.